The Morgan fingerprint density at radius 3 is 2.93 bits per heavy atom. The molecule has 1 aliphatic heterocycles. The topological polar surface area (TPSA) is 78.0 Å². The zero-order chi connectivity index (χ0) is 19.5. The number of amides is 1. The lowest BCUT2D eigenvalue weighted by Crippen LogP contribution is -2.45. The van der Waals surface area contributed by atoms with Gasteiger partial charge in [-0.25, -0.2) is 4.98 Å². The van der Waals surface area contributed by atoms with E-state index in [9.17, 15) is 4.79 Å². The molecular weight excluding hydrogens is 372 g/mol. The Hall–Kier alpha value is -2.58. The third kappa shape index (κ3) is 3.70. The van der Waals surface area contributed by atoms with Gasteiger partial charge in [-0.1, -0.05) is 6.92 Å². The third-order valence-corrected chi connectivity index (χ3v) is 6.28. The number of nitrogens with zero attached hydrogens (tertiary/aromatic N) is 5. The summed E-state index contributed by atoms with van der Waals surface area (Å²) in [6.45, 7) is 5.35. The molecule has 146 valence electrons. The van der Waals surface area contributed by atoms with E-state index in [2.05, 4.69) is 32.0 Å². The summed E-state index contributed by atoms with van der Waals surface area (Å²) in [6.07, 6.45) is 7.35. The van der Waals surface area contributed by atoms with E-state index < -0.39 is 0 Å². The predicted molar refractivity (Wildman–Crippen MR) is 110 cm³/mol. The average molecular weight is 397 g/mol. The highest BCUT2D eigenvalue weighted by molar-refractivity contribution is 7.13. The molecule has 1 amide bonds. The molecule has 0 bridgehead atoms. The van der Waals surface area contributed by atoms with Gasteiger partial charge < -0.3 is 9.80 Å². The molecule has 1 saturated heterocycles. The van der Waals surface area contributed by atoms with Gasteiger partial charge >= 0.3 is 0 Å². The fourth-order valence-corrected chi connectivity index (χ4v) is 4.45. The predicted octanol–water partition coefficient (Wildman–Crippen LogP) is 3.15. The van der Waals surface area contributed by atoms with Crippen molar-refractivity contribution in [1.29, 1.82) is 0 Å². The maximum Gasteiger partial charge on any atom is 0.273 e. The molecule has 3 aromatic heterocycles. The van der Waals surface area contributed by atoms with Crippen LogP contribution in [-0.4, -0.2) is 68.6 Å². The van der Waals surface area contributed by atoms with Crippen LogP contribution in [0.25, 0.3) is 21.8 Å². The standard InChI is InChI=1S/C20H24N6OS/c1-3-26-9-6-15(7-10-26)25(2)20(27)17-13-28-19(23-17)16-12-22-24-18(16)14-5-4-8-21-11-14/h4-5,8,11-13,15H,3,6-7,9-10H2,1-2H3,(H,22,24). The van der Waals surface area contributed by atoms with E-state index in [1.54, 1.807) is 12.4 Å². The minimum absolute atomic E-state index is 0.0103. The summed E-state index contributed by atoms with van der Waals surface area (Å²) in [5, 5.41) is 9.87. The second kappa shape index (κ2) is 8.20. The summed E-state index contributed by atoms with van der Waals surface area (Å²) in [5.74, 6) is -0.0103. The number of H-pyrrole nitrogens is 1. The zero-order valence-electron chi connectivity index (χ0n) is 16.1. The van der Waals surface area contributed by atoms with Crippen molar-refractivity contribution in [2.45, 2.75) is 25.8 Å². The van der Waals surface area contributed by atoms with E-state index >= 15 is 0 Å². The first-order chi connectivity index (χ1) is 13.7. The smallest absolute Gasteiger partial charge is 0.273 e. The van der Waals surface area contributed by atoms with Crippen LogP contribution in [0.2, 0.25) is 0 Å². The number of aromatic nitrogens is 4. The second-order valence-corrected chi connectivity index (χ2v) is 7.87. The van der Waals surface area contributed by atoms with Crippen LogP contribution in [0.4, 0.5) is 0 Å². The molecule has 4 heterocycles. The van der Waals surface area contributed by atoms with Crippen molar-refractivity contribution in [3.8, 4) is 21.8 Å². The molecular formula is C20H24N6OS. The molecule has 1 aliphatic rings. The Labute approximate surface area is 168 Å². The Morgan fingerprint density at radius 2 is 2.21 bits per heavy atom. The molecule has 0 unspecified atom stereocenters. The summed E-state index contributed by atoms with van der Waals surface area (Å²) in [4.78, 5) is 26.0. The van der Waals surface area contributed by atoms with Crippen LogP contribution in [0.5, 0.6) is 0 Å². The number of carbonyl (C=O) groups is 1. The van der Waals surface area contributed by atoms with E-state index in [0.717, 1.165) is 54.3 Å². The highest BCUT2D eigenvalue weighted by Crippen LogP contribution is 2.32. The van der Waals surface area contributed by atoms with Gasteiger partial charge in [0, 0.05) is 55.7 Å². The van der Waals surface area contributed by atoms with E-state index in [-0.39, 0.29) is 11.9 Å². The molecule has 28 heavy (non-hydrogen) atoms. The Kier molecular flexibility index (Phi) is 5.50. The normalized spacial score (nSPS) is 15.6. The molecule has 0 atom stereocenters. The summed E-state index contributed by atoms with van der Waals surface area (Å²) in [6, 6.07) is 4.12. The lowest BCUT2D eigenvalue weighted by atomic mass is 10.0. The summed E-state index contributed by atoms with van der Waals surface area (Å²) in [5.41, 5.74) is 3.10. The summed E-state index contributed by atoms with van der Waals surface area (Å²) < 4.78 is 0. The molecule has 0 spiro atoms. The quantitative estimate of drug-likeness (QED) is 0.717. The fraction of sp³-hybridized carbons (Fsp3) is 0.400. The molecule has 1 N–H and O–H groups in total. The van der Waals surface area contributed by atoms with Crippen molar-refractivity contribution in [2.24, 2.45) is 0 Å². The number of hydrogen-bond donors (Lipinski definition) is 1. The van der Waals surface area contributed by atoms with Gasteiger partial charge in [-0.15, -0.1) is 11.3 Å². The first-order valence-electron chi connectivity index (χ1n) is 9.57. The molecule has 3 aromatic rings. The van der Waals surface area contributed by atoms with Crippen LogP contribution in [0.3, 0.4) is 0 Å². The van der Waals surface area contributed by atoms with Crippen molar-refractivity contribution in [2.75, 3.05) is 26.7 Å². The number of nitrogens with one attached hydrogen (secondary N) is 1. The molecule has 0 aliphatic carbocycles. The summed E-state index contributed by atoms with van der Waals surface area (Å²) >= 11 is 1.47. The number of pyridine rings is 1. The van der Waals surface area contributed by atoms with Gasteiger partial charge in [-0.05, 0) is 31.5 Å². The first-order valence-corrected chi connectivity index (χ1v) is 10.4. The van der Waals surface area contributed by atoms with Gasteiger partial charge in [-0.3, -0.25) is 14.9 Å². The van der Waals surface area contributed by atoms with Crippen LogP contribution in [0.15, 0.2) is 36.1 Å². The molecule has 0 aromatic carbocycles. The minimum atomic E-state index is -0.0103. The molecule has 1 fully saturated rings. The Balaban J connectivity index is 1.51. The molecule has 0 saturated carbocycles. The number of rotatable bonds is 5. The van der Waals surface area contributed by atoms with Gasteiger partial charge in [0.2, 0.25) is 0 Å². The lowest BCUT2D eigenvalue weighted by Gasteiger charge is -2.36. The minimum Gasteiger partial charge on any atom is -0.337 e. The first kappa shape index (κ1) is 18.8. The van der Waals surface area contributed by atoms with E-state index in [4.69, 9.17) is 0 Å². The number of piperidine rings is 1. The van der Waals surface area contributed by atoms with Crippen molar-refractivity contribution < 1.29 is 4.79 Å². The van der Waals surface area contributed by atoms with Gasteiger partial charge in [0.05, 0.1) is 5.56 Å². The SMILES string of the molecule is CCN1CCC(N(C)C(=O)c2csc(-c3c[nH]nc3-c3cccnc3)n2)CC1. The fourth-order valence-electron chi connectivity index (χ4n) is 3.64. The van der Waals surface area contributed by atoms with Gasteiger partial charge in [-0.2, -0.15) is 5.10 Å². The average Bonchev–Trinajstić information content (AvgIpc) is 3.43. The summed E-state index contributed by atoms with van der Waals surface area (Å²) in [7, 11) is 1.90. The van der Waals surface area contributed by atoms with Gasteiger partial charge in [0.25, 0.3) is 5.91 Å². The van der Waals surface area contributed by atoms with Crippen LogP contribution in [-0.2, 0) is 0 Å². The maximum atomic E-state index is 13.0. The number of hydrogen-bond acceptors (Lipinski definition) is 6. The lowest BCUT2D eigenvalue weighted by molar-refractivity contribution is 0.0642. The van der Waals surface area contributed by atoms with Crippen LogP contribution >= 0.6 is 11.3 Å². The van der Waals surface area contributed by atoms with Crippen LogP contribution in [0, 0.1) is 0 Å². The number of thiazole rings is 1. The maximum absolute atomic E-state index is 13.0. The van der Waals surface area contributed by atoms with Crippen LogP contribution in [0.1, 0.15) is 30.3 Å². The molecule has 4 rings (SSSR count). The van der Waals surface area contributed by atoms with Gasteiger partial charge in [0.15, 0.2) is 0 Å². The van der Waals surface area contributed by atoms with E-state index in [1.165, 1.54) is 11.3 Å². The van der Waals surface area contributed by atoms with Crippen LogP contribution < -0.4 is 0 Å². The highest BCUT2D eigenvalue weighted by Gasteiger charge is 2.27. The monoisotopic (exact) mass is 396 g/mol. The number of aromatic amines is 1. The molecule has 0 radical (unpaired) electrons. The number of carbonyl (C=O) groups excluding carboxylic acids is 1. The molecule has 7 nitrogen and oxygen atoms in total. The van der Waals surface area contributed by atoms with Crippen molar-refractivity contribution >= 4 is 17.2 Å². The van der Waals surface area contributed by atoms with Crippen molar-refractivity contribution in [3.63, 3.8) is 0 Å². The molecule has 8 heteroatoms. The van der Waals surface area contributed by atoms with Crippen molar-refractivity contribution in [3.05, 3.63) is 41.8 Å². The highest BCUT2D eigenvalue weighted by atomic mass is 32.1. The third-order valence-electron chi connectivity index (χ3n) is 5.40. The van der Waals surface area contributed by atoms with E-state index in [0.29, 0.717) is 5.69 Å². The second-order valence-electron chi connectivity index (χ2n) is 7.01. The largest absolute Gasteiger partial charge is 0.337 e. The van der Waals surface area contributed by atoms with Gasteiger partial charge in [0.1, 0.15) is 16.4 Å². The number of likely N-dealkylation sites (tertiary alicyclic amines) is 1. The van der Waals surface area contributed by atoms with Crippen molar-refractivity contribution in [1.82, 2.24) is 30.0 Å². The Morgan fingerprint density at radius 1 is 1.39 bits per heavy atom. The zero-order valence-corrected chi connectivity index (χ0v) is 16.9. The Bertz CT molecular complexity index is 929. The van der Waals surface area contributed by atoms with E-state index in [1.807, 2.05) is 35.7 Å².